The molecule has 0 aromatic carbocycles. The zero-order chi connectivity index (χ0) is 11.6. The Bertz CT molecular complexity index is 439. The van der Waals surface area contributed by atoms with Gasteiger partial charge in [0.1, 0.15) is 0 Å². The van der Waals surface area contributed by atoms with Crippen LogP contribution in [0.15, 0.2) is 42.4 Å². The van der Waals surface area contributed by atoms with E-state index >= 15 is 0 Å². The minimum absolute atomic E-state index is 0.892. The van der Waals surface area contributed by atoms with E-state index in [1.54, 1.807) is 19.5 Å². The normalized spacial score (nSPS) is 24.4. The maximum atomic E-state index is 6.16. The number of aromatic nitrogens is 1. The predicted molar refractivity (Wildman–Crippen MR) is 63.0 cm³/mol. The molecule has 1 aliphatic rings. The van der Waals surface area contributed by atoms with Crippen molar-refractivity contribution in [3.63, 3.8) is 0 Å². The fraction of sp³-hybridized carbons (Fsp3) is 0.250. The molecule has 2 heterocycles. The Balaban J connectivity index is 2.45. The van der Waals surface area contributed by atoms with Crippen molar-refractivity contribution in [2.75, 3.05) is 7.11 Å². The first-order chi connectivity index (χ1) is 7.65. The molecule has 0 fully saturated rings. The van der Waals surface area contributed by atoms with E-state index in [1.807, 2.05) is 31.2 Å². The summed E-state index contributed by atoms with van der Waals surface area (Å²) in [6.45, 7) is 1.94. The molecule has 1 unspecified atom stereocenters. The molecule has 0 saturated carbocycles. The lowest BCUT2D eigenvalue weighted by Crippen LogP contribution is -2.56. The van der Waals surface area contributed by atoms with E-state index in [2.05, 4.69) is 10.3 Å². The Morgan fingerprint density at radius 2 is 2.00 bits per heavy atom. The van der Waals surface area contributed by atoms with Crippen molar-refractivity contribution in [2.45, 2.75) is 12.8 Å². The number of rotatable bonds is 2. The fourth-order valence-electron chi connectivity index (χ4n) is 1.74. The van der Waals surface area contributed by atoms with Gasteiger partial charge in [-0.25, -0.2) is 0 Å². The van der Waals surface area contributed by atoms with Crippen LogP contribution in [0.4, 0.5) is 0 Å². The molecule has 2 rings (SSSR count). The molecule has 3 N–H and O–H groups in total. The largest absolute Gasteiger partial charge is 0.345 e. The van der Waals surface area contributed by atoms with Gasteiger partial charge in [0.25, 0.3) is 0 Å². The number of pyridine rings is 1. The minimum atomic E-state index is -0.972. The molecule has 0 amide bonds. The van der Waals surface area contributed by atoms with Crippen molar-refractivity contribution in [1.29, 1.82) is 0 Å². The Morgan fingerprint density at radius 3 is 2.62 bits per heavy atom. The molecule has 16 heavy (non-hydrogen) atoms. The zero-order valence-electron chi connectivity index (χ0n) is 9.40. The Kier molecular flexibility index (Phi) is 2.77. The van der Waals surface area contributed by atoms with E-state index in [1.165, 1.54) is 0 Å². The highest BCUT2D eigenvalue weighted by molar-refractivity contribution is 5.74. The van der Waals surface area contributed by atoms with Gasteiger partial charge in [0.05, 0.1) is 0 Å². The average molecular weight is 217 g/mol. The lowest BCUT2D eigenvalue weighted by molar-refractivity contribution is 0.0249. The Labute approximate surface area is 94.8 Å². The van der Waals surface area contributed by atoms with Crippen molar-refractivity contribution in [3.05, 3.63) is 47.9 Å². The zero-order valence-corrected chi connectivity index (χ0v) is 9.40. The smallest absolute Gasteiger partial charge is 0.220 e. The van der Waals surface area contributed by atoms with E-state index < -0.39 is 5.85 Å². The van der Waals surface area contributed by atoms with Gasteiger partial charge in [-0.3, -0.25) is 10.7 Å². The molecule has 4 heteroatoms. The summed E-state index contributed by atoms with van der Waals surface area (Å²) < 4.78 is 5.35. The highest BCUT2D eigenvalue weighted by Crippen LogP contribution is 2.27. The minimum Gasteiger partial charge on any atom is -0.345 e. The topological polar surface area (TPSA) is 60.2 Å². The van der Waals surface area contributed by atoms with Crippen LogP contribution in [-0.2, 0) is 4.74 Å². The maximum Gasteiger partial charge on any atom is 0.220 e. The van der Waals surface area contributed by atoms with E-state index in [9.17, 15) is 0 Å². The Morgan fingerprint density at radius 1 is 1.31 bits per heavy atom. The van der Waals surface area contributed by atoms with Gasteiger partial charge in [0.15, 0.2) is 0 Å². The van der Waals surface area contributed by atoms with Crippen LogP contribution in [0.3, 0.4) is 0 Å². The molecule has 0 bridgehead atoms. The number of methoxy groups -OCH3 is 1. The monoisotopic (exact) mass is 217 g/mol. The highest BCUT2D eigenvalue weighted by Gasteiger charge is 2.32. The molecule has 1 aromatic heterocycles. The molecule has 0 saturated heterocycles. The number of nitrogens with two attached hydrogens (primary N) is 1. The SMILES string of the molecule is COC1(N)NC(C)=CC=C1c1ccncc1. The lowest BCUT2D eigenvalue weighted by atomic mass is 9.99. The molecule has 1 aromatic rings. The second-order valence-corrected chi connectivity index (χ2v) is 3.73. The van der Waals surface area contributed by atoms with Gasteiger partial charge in [0.2, 0.25) is 5.85 Å². The molecule has 0 radical (unpaired) electrons. The summed E-state index contributed by atoms with van der Waals surface area (Å²) in [6.07, 6.45) is 7.40. The summed E-state index contributed by atoms with van der Waals surface area (Å²) in [4.78, 5) is 3.98. The number of allylic oxidation sites excluding steroid dienone is 3. The summed E-state index contributed by atoms with van der Waals surface area (Å²) in [5.74, 6) is -0.972. The van der Waals surface area contributed by atoms with Gasteiger partial charge in [-0.05, 0) is 30.7 Å². The van der Waals surface area contributed by atoms with Crippen molar-refractivity contribution < 1.29 is 4.74 Å². The molecule has 0 aliphatic carbocycles. The Hall–Kier alpha value is -1.65. The standard InChI is InChI=1S/C12H15N3O/c1-9-3-4-11(12(13,15-9)16-2)10-5-7-14-8-6-10/h3-8,15H,13H2,1-2H3. The quantitative estimate of drug-likeness (QED) is 0.731. The first kappa shape index (κ1) is 10.9. The van der Waals surface area contributed by atoms with Crippen LogP contribution in [0.1, 0.15) is 12.5 Å². The van der Waals surface area contributed by atoms with Gasteiger partial charge < -0.3 is 10.1 Å². The van der Waals surface area contributed by atoms with Crippen molar-refractivity contribution in [3.8, 4) is 0 Å². The van der Waals surface area contributed by atoms with E-state index in [0.29, 0.717) is 0 Å². The van der Waals surface area contributed by atoms with Gasteiger partial charge in [0, 0.05) is 30.8 Å². The number of nitrogens with zero attached hydrogens (tertiary/aromatic N) is 1. The van der Waals surface area contributed by atoms with Gasteiger partial charge in [-0.15, -0.1) is 0 Å². The van der Waals surface area contributed by atoms with E-state index in [4.69, 9.17) is 10.5 Å². The predicted octanol–water partition coefficient (Wildman–Crippen LogP) is 1.23. The molecular weight excluding hydrogens is 202 g/mol. The first-order valence-corrected chi connectivity index (χ1v) is 5.07. The summed E-state index contributed by atoms with van der Waals surface area (Å²) in [7, 11) is 1.58. The molecule has 0 spiro atoms. The third-order valence-electron chi connectivity index (χ3n) is 2.60. The van der Waals surface area contributed by atoms with Crippen LogP contribution in [0.25, 0.3) is 5.57 Å². The van der Waals surface area contributed by atoms with Crippen molar-refractivity contribution in [2.24, 2.45) is 5.73 Å². The van der Waals surface area contributed by atoms with Gasteiger partial charge in [-0.2, -0.15) is 0 Å². The molecule has 1 aliphatic heterocycles. The second kappa shape index (κ2) is 4.08. The third-order valence-corrected chi connectivity index (χ3v) is 2.60. The second-order valence-electron chi connectivity index (χ2n) is 3.73. The summed E-state index contributed by atoms with van der Waals surface area (Å²) in [5.41, 5.74) is 9.02. The number of hydrogen-bond donors (Lipinski definition) is 2. The number of ether oxygens (including phenoxy) is 1. The van der Waals surface area contributed by atoms with Crippen LogP contribution in [0, 0.1) is 0 Å². The molecule has 84 valence electrons. The summed E-state index contributed by atoms with van der Waals surface area (Å²) in [6, 6.07) is 3.81. The van der Waals surface area contributed by atoms with Crippen LogP contribution in [0.5, 0.6) is 0 Å². The molecular formula is C12H15N3O. The number of hydrogen-bond acceptors (Lipinski definition) is 4. The highest BCUT2D eigenvalue weighted by atomic mass is 16.5. The van der Waals surface area contributed by atoms with E-state index in [-0.39, 0.29) is 0 Å². The van der Waals surface area contributed by atoms with Crippen LogP contribution >= 0.6 is 0 Å². The summed E-state index contributed by atoms with van der Waals surface area (Å²) in [5, 5.41) is 3.12. The lowest BCUT2D eigenvalue weighted by Gasteiger charge is -2.35. The van der Waals surface area contributed by atoms with E-state index in [0.717, 1.165) is 16.8 Å². The van der Waals surface area contributed by atoms with Crippen LogP contribution in [0.2, 0.25) is 0 Å². The summed E-state index contributed by atoms with van der Waals surface area (Å²) >= 11 is 0. The molecule has 4 nitrogen and oxygen atoms in total. The van der Waals surface area contributed by atoms with Gasteiger partial charge in [-0.1, -0.05) is 6.08 Å². The fourth-order valence-corrected chi connectivity index (χ4v) is 1.74. The van der Waals surface area contributed by atoms with Crippen LogP contribution in [-0.4, -0.2) is 17.9 Å². The first-order valence-electron chi connectivity index (χ1n) is 5.07. The molecule has 1 atom stereocenters. The maximum absolute atomic E-state index is 6.16. The number of dihydropyridines is 1. The van der Waals surface area contributed by atoms with Gasteiger partial charge >= 0.3 is 0 Å². The van der Waals surface area contributed by atoms with Crippen molar-refractivity contribution in [1.82, 2.24) is 10.3 Å². The number of nitrogens with one attached hydrogen (secondary N) is 1. The average Bonchev–Trinajstić information content (AvgIpc) is 2.30. The third kappa shape index (κ3) is 1.85. The van der Waals surface area contributed by atoms with Crippen LogP contribution < -0.4 is 11.1 Å². The van der Waals surface area contributed by atoms with Crippen molar-refractivity contribution >= 4 is 5.57 Å².